The van der Waals surface area contributed by atoms with Crippen LogP contribution >= 0.6 is 11.8 Å². The average Bonchev–Trinajstić information content (AvgIpc) is 3.18. The zero-order chi connectivity index (χ0) is 18.5. The molecule has 1 aliphatic heterocycles. The van der Waals surface area contributed by atoms with Crippen LogP contribution in [-0.2, 0) is 6.42 Å². The molecule has 1 N–H and O–H groups in total. The molecule has 6 heteroatoms. The molecular formula is C20H24N2O3S. The summed E-state index contributed by atoms with van der Waals surface area (Å²) in [5, 5.41) is 3.01. The zero-order valence-electron chi connectivity index (χ0n) is 15.3. The first kappa shape index (κ1) is 18.5. The average molecular weight is 372 g/mol. The van der Waals surface area contributed by atoms with Crippen molar-refractivity contribution in [2.45, 2.75) is 18.7 Å². The van der Waals surface area contributed by atoms with Crippen molar-refractivity contribution >= 4 is 23.5 Å². The van der Waals surface area contributed by atoms with Crippen molar-refractivity contribution in [2.75, 3.05) is 31.8 Å². The van der Waals surface area contributed by atoms with E-state index < -0.39 is 0 Å². The summed E-state index contributed by atoms with van der Waals surface area (Å²) in [6, 6.07) is 13.6. The van der Waals surface area contributed by atoms with Gasteiger partial charge in [-0.15, -0.1) is 11.8 Å². The number of benzene rings is 2. The Morgan fingerprint density at radius 1 is 1.19 bits per heavy atom. The van der Waals surface area contributed by atoms with Gasteiger partial charge in [0.1, 0.15) is 16.9 Å². The molecule has 5 nitrogen and oxygen atoms in total. The number of aryl methyl sites for hydroxylation is 1. The number of ether oxygens (including phenoxy) is 2. The monoisotopic (exact) mass is 372 g/mol. The fourth-order valence-corrected chi connectivity index (χ4v) is 4.30. The molecule has 1 atom stereocenters. The van der Waals surface area contributed by atoms with Crippen molar-refractivity contribution in [3.63, 3.8) is 0 Å². The van der Waals surface area contributed by atoms with E-state index in [1.807, 2.05) is 47.4 Å². The van der Waals surface area contributed by atoms with Crippen LogP contribution in [-0.4, -0.2) is 37.4 Å². The fraction of sp³-hybridized carbons (Fsp3) is 0.350. The highest BCUT2D eigenvalue weighted by Crippen LogP contribution is 2.41. The summed E-state index contributed by atoms with van der Waals surface area (Å²) in [7, 11) is 3.26. The first-order chi connectivity index (χ1) is 12.7. The Bertz CT molecular complexity index is 759. The van der Waals surface area contributed by atoms with E-state index in [1.165, 1.54) is 0 Å². The number of amides is 2. The highest BCUT2D eigenvalue weighted by molar-refractivity contribution is 7.99. The number of anilines is 1. The van der Waals surface area contributed by atoms with Crippen LogP contribution in [0.1, 0.15) is 23.4 Å². The van der Waals surface area contributed by atoms with Gasteiger partial charge in [-0.05, 0) is 35.7 Å². The number of hydrogen-bond acceptors (Lipinski definition) is 4. The van der Waals surface area contributed by atoms with E-state index in [9.17, 15) is 4.79 Å². The van der Waals surface area contributed by atoms with Crippen molar-refractivity contribution in [1.82, 2.24) is 4.90 Å². The standard InChI is InChI=1S/C20H24N2O3S/c1-4-14-7-5-6-8-18(14)21-20(23)22-9-10-26-19(22)15-11-16(24-2)13-17(12-15)25-3/h5-8,11-13,19H,4,9-10H2,1-3H3,(H,21,23)/t19-/m1/s1. The lowest BCUT2D eigenvalue weighted by atomic mass is 10.1. The highest BCUT2D eigenvalue weighted by Gasteiger charge is 2.31. The van der Waals surface area contributed by atoms with Gasteiger partial charge in [-0.25, -0.2) is 4.79 Å². The molecule has 0 aromatic heterocycles. The van der Waals surface area contributed by atoms with Gasteiger partial charge in [-0.2, -0.15) is 0 Å². The molecule has 2 aromatic carbocycles. The van der Waals surface area contributed by atoms with Crippen LogP contribution in [0.2, 0.25) is 0 Å². The van der Waals surface area contributed by atoms with Gasteiger partial charge in [0.15, 0.2) is 0 Å². The minimum Gasteiger partial charge on any atom is -0.497 e. The second-order valence-corrected chi connectivity index (χ2v) is 7.19. The van der Waals surface area contributed by atoms with Crippen LogP contribution in [0.4, 0.5) is 10.5 Å². The Morgan fingerprint density at radius 2 is 1.88 bits per heavy atom. The number of para-hydroxylation sites is 1. The number of carbonyl (C=O) groups excluding carboxylic acids is 1. The first-order valence-electron chi connectivity index (χ1n) is 8.66. The predicted molar refractivity (Wildman–Crippen MR) is 106 cm³/mol. The summed E-state index contributed by atoms with van der Waals surface area (Å²) < 4.78 is 10.7. The third-order valence-corrected chi connectivity index (χ3v) is 5.71. The molecule has 0 bridgehead atoms. The van der Waals surface area contributed by atoms with Gasteiger partial charge in [0, 0.05) is 24.1 Å². The molecule has 26 heavy (non-hydrogen) atoms. The van der Waals surface area contributed by atoms with Crippen LogP contribution < -0.4 is 14.8 Å². The van der Waals surface area contributed by atoms with Crippen LogP contribution in [0.25, 0.3) is 0 Å². The van der Waals surface area contributed by atoms with Gasteiger partial charge in [0.2, 0.25) is 0 Å². The fourth-order valence-electron chi connectivity index (χ4n) is 3.06. The summed E-state index contributed by atoms with van der Waals surface area (Å²) in [6.45, 7) is 2.79. The van der Waals surface area contributed by atoms with E-state index in [0.29, 0.717) is 6.54 Å². The quantitative estimate of drug-likeness (QED) is 0.837. The molecule has 1 fully saturated rings. The normalized spacial score (nSPS) is 16.4. The van der Waals surface area contributed by atoms with E-state index >= 15 is 0 Å². The molecule has 1 aliphatic rings. The third-order valence-electron chi connectivity index (χ3n) is 4.45. The van der Waals surface area contributed by atoms with E-state index in [-0.39, 0.29) is 11.4 Å². The van der Waals surface area contributed by atoms with E-state index in [1.54, 1.807) is 26.0 Å². The summed E-state index contributed by atoms with van der Waals surface area (Å²) in [4.78, 5) is 14.8. The lowest BCUT2D eigenvalue weighted by molar-refractivity contribution is 0.214. The number of carbonyl (C=O) groups is 1. The Hall–Kier alpha value is -2.34. The lowest BCUT2D eigenvalue weighted by Crippen LogP contribution is -2.34. The maximum absolute atomic E-state index is 12.9. The Labute approximate surface area is 158 Å². The Morgan fingerprint density at radius 3 is 2.54 bits per heavy atom. The third kappa shape index (κ3) is 3.90. The molecule has 3 rings (SSSR count). The minimum atomic E-state index is -0.0808. The van der Waals surface area contributed by atoms with Crippen LogP contribution in [0.5, 0.6) is 11.5 Å². The Kier molecular flexibility index (Phi) is 5.93. The first-order valence-corrected chi connectivity index (χ1v) is 9.71. The number of urea groups is 1. The number of nitrogens with one attached hydrogen (secondary N) is 1. The predicted octanol–water partition coefficient (Wildman–Crippen LogP) is 4.55. The van der Waals surface area contributed by atoms with E-state index in [2.05, 4.69) is 12.2 Å². The summed E-state index contributed by atoms with van der Waals surface area (Å²) in [5.41, 5.74) is 3.01. The van der Waals surface area contributed by atoms with Crippen molar-refractivity contribution in [2.24, 2.45) is 0 Å². The Balaban J connectivity index is 1.83. The number of rotatable bonds is 5. The smallest absolute Gasteiger partial charge is 0.323 e. The van der Waals surface area contributed by atoms with Gasteiger partial charge in [-0.1, -0.05) is 25.1 Å². The van der Waals surface area contributed by atoms with Crippen LogP contribution in [0, 0.1) is 0 Å². The van der Waals surface area contributed by atoms with Gasteiger partial charge in [0.05, 0.1) is 14.2 Å². The second-order valence-electron chi connectivity index (χ2n) is 6.00. The van der Waals surface area contributed by atoms with Gasteiger partial charge < -0.3 is 19.7 Å². The SMILES string of the molecule is CCc1ccccc1NC(=O)N1CCS[C@@H]1c1cc(OC)cc(OC)c1. The number of nitrogens with zero attached hydrogens (tertiary/aromatic N) is 1. The number of hydrogen-bond donors (Lipinski definition) is 1. The highest BCUT2D eigenvalue weighted by atomic mass is 32.2. The van der Waals surface area contributed by atoms with Gasteiger partial charge in [0.25, 0.3) is 0 Å². The molecule has 0 saturated carbocycles. The summed E-state index contributed by atoms with van der Waals surface area (Å²) in [6.07, 6.45) is 0.877. The molecule has 2 aromatic rings. The largest absolute Gasteiger partial charge is 0.497 e. The molecule has 2 amide bonds. The zero-order valence-corrected chi connectivity index (χ0v) is 16.1. The molecule has 1 heterocycles. The molecule has 0 spiro atoms. The molecule has 138 valence electrons. The number of thioether (sulfide) groups is 1. The molecule has 1 saturated heterocycles. The molecular weight excluding hydrogens is 348 g/mol. The van der Waals surface area contributed by atoms with Crippen molar-refractivity contribution in [3.05, 3.63) is 53.6 Å². The molecule has 0 radical (unpaired) electrons. The number of methoxy groups -OCH3 is 2. The maximum atomic E-state index is 12.9. The lowest BCUT2D eigenvalue weighted by Gasteiger charge is -2.25. The van der Waals surface area contributed by atoms with Crippen LogP contribution in [0.3, 0.4) is 0 Å². The maximum Gasteiger partial charge on any atom is 0.323 e. The minimum absolute atomic E-state index is 0.0622. The summed E-state index contributed by atoms with van der Waals surface area (Å²) in [5.74, 6) is 2.35. The van der Waals surface area contributed by atoms with Gasteiger partial charge in [-0.3, -0.25) is 0 Å². The van der Waals surface area contributed by atoms with E-state index in [4.69, 9.17) is 9.47 Å². The van der Waals surface area contributed by atoms with Crippen molar-refractivity contribution in [1.29, 1.82) is 0 Å². The summed E-state index contributed by atoms with van der Waals surface area (Å²) >= 11 is 1.74. The van der Waals surface area contributed by atoms with Crippen molar-refractivity contribution in [3.8, 4) is 11.5 Å². The van der Waals surface area contributed by atoms with Crippen molar-refractivity contribution < 1.29 is 14.3 Å². The molecule has 0 unspecified atom stereocenters. The van der Waals surface area contributed by atoms with Gasteiger partial charge >= 0.3 is 6.03 Å². The molecule has 0 aliphatic carbocycles. The topological polar surface area (TPSA) is 50.8 Å². The second kappa shape index (κ2) is 8.36. The van der Waals surface area contributed by atoms with E-state index in [0.717, 1.165) is 40.5 Å². The van der Waals surface area contributed by atoms with Crippen LogP contribution in [0.15, 0.2) is 42.5 Å².